The second-order valence-corrected chi connectivity index (χ2v) is 5.72. The van der Waals surface area contributed by atoms with Crippen LogP contribution in [-0.4, -0.2) is 22.3 Å². The lowest BCUT2D eigenvalue weighted by Gasteiger charge is -2.37. The fourth-order valence-corrected chi connectivity index (χ4v) is 3.02. The molecule has 0 unspecified atom stereocenters. The number of hydrogen-bond acceptors (Lipinski definition) is 3. The second-order valence-electron chi connectivity index (χ2n) is 5.72. The summed E-state index contributed by atoms with van der Waals surface area (Å²) in [4.78, 5) is 4.30. The van der Waals surface area contributed by atoms with Crippen LogP contribution in [0.2, 0.25) is 0 Å². The maximum atomic E-state index is 6.39. The van der Waals surface area contributed by atoms with Gasteiger partial charge in [-0.15, -0.1) is 0 Å². The highest BCUT2D eigenvalue weighted by atomic mass is 16.5. The summed E-state index contributed by atoms with van der Waals surface area (Å²) in [6, 6.07) is 10.9. The van der Waals surface area contributed by atoms with Crippen molar-refractivity contribution < 1.29 is 4.74 Å². The molecule has 1 aliphatic rings. The molecule has 0 spiro atoms. The zero-order valence-corrected chi connectivity index (χ0v) is 12.5. The molecule has 4 nitrogen and oxygen atoms in total. The van der Waals surface area contributed by atoms with Gasteiger partial charge in [0.2, 0.25) is 0 Å². The van der Waals surface area contributed by atoms with Crippen LogP contribution in [0.5, 0.6) is 0 Å². The number of imidazole rings is 1. The predicted molar refractivity (Wildman–Crippen MR) is 83.0 cm³/mol. The van der Waals surface area contributed by atoms with Crippen LogP contribution < -0.4 is 5.73 Å². The van der Waals surface area contributed by atoms with E-state index in [0.29, 0.717) is 12.1 Å². The van der Waals surface area contributed by atoms with E-state index < -0.39 is 0 Å². The van der Waals surface area contributed by atoms with Crippen LogP contribution in [0.1, 0.15) is 43.1 Å². The summed E-state index contributed by atoms with van der Waals surface area (Å²) in [6.07, 6.45) is 7.19. The quantitative estimate of drug-likeness (QED) is 0.888. The topological polar surface area (TPSA) is 53.1 Å². The van der Waals surface area contributed by atoms with Crippen molar-refractivity contribution >= 4 is 0 Å². The van der Waals surface area contributed by atoms with Crippen molar-refractivity contribution in [2.75, 3.05) is 6.61 Å². The number of rotatable bonds is 6. The molecule has 1 aromatic carbocycles. The highest BCUT2D eigenvalue weighted by molar-refractivity contribution is 5.19. The lowest BCUT2D eigenvalue weighted by atomic mass is 9.88. The van der Waals surface area contributed by atoms with Crippen molar-refractivity contribution in [3.63, 3.8) is 0 Å². The molecule has 1 heterocycles. The lowest BCUT2D eigenvalue weighted by Crippen LogP contribution is -2.34. The Hall–Kier alpha value is -1.65. The Morgan fingerprint density at radius 3 is 2.81 bits per heavy atom. The molecule has 1 aromatic heterocycles. The Labute approximate surface area is 125 Å². The van der Waals surface area contributed by atoms with Gasteiger partial charge in [0, 0.05) is 18.8 Å². The first-order valence-corrected chi connectivity index (χ1v) is 7.70. The van der Waals surface area contributed by atoms with Gasteiger partial charge in [0.05, 0.1) is 24.2 Å². The third kappa shape index (κ3) is 3.17. The number of aromatic nitrogens is 2. The van der Waals surface area contributed by atoms with E-state index in [4.69, 9.17) is 10.5 Å². The van der Waals surface area contributed by atoms with Gasteiger partial charge in [-0.2, -0.15) is 0 Å². The monoisotopic (exact) mass is 285 g/mol. The second kappa shape index (κ2) is 6.41. The minimum absolute atomic E-state index is 0.0129. The first-order valence-electron chi connectivity index (χ1n) is 7.70. The van der Waals surface area contributed by atoms with E-state index in [0.717, 1.165) is 31.6 Å². The highest BCUT2D eigenvalue weighted by Crippen LogP contribution is 2.36. The van der Waals surface area contributed by atoms with Gasteiger partial charge >= 0.3 is 0 Å². The molecule has 1 saturated carbocycles. The van der Waals surface area contributed by atoms with Crippen LogP contribution in [0.4, 0.5) is 0 Å². The molecule has 3 rings (SSSR count). The minimum Gasteiger partial charge on any atom is -0.378 e. The van der Waals surface area contributed by atoms with Crippen LogP contribution in [-0.2, 0) is 11.2 Å². The van der Waals surface area contributed by atoms with Crippen molar-refractivity contribution in [2.45, 2.75) is 44.4 Å². The number of ether oxygens (including phenoxy) is 1. The van der Waals surface area contributed by atoms with Crippen molar-refractivity contribution in [3.8, 4) is 0 Å². The van der Waals surface area contributed by atoms with Crippen molar-refractivity contribution in [1.29, 1.82) is 0 Å². The van der Waals surface area contributed by atoms with E-state index in [1.807, 2.05) is 25.5 Å². The maximum Gasteiger partial charge on any atom is 0.0951 e. The van der Waals surface area contributed by atoms with Crippen LogP contribution in [0, 0.1) is 0 Å². The van der Waals surface area contributed by atoms with Crippen molar-refractivity contribution in [1.82, 2.24) is 9.55 Å². The van der Waals surface area contributed by atoms with Crippen LogP contribution in [0.25, 0.3) is 0 Å². The van der Waals surface area contributed by atoms with E-state index in [1.165, 1.54) is 5.56 Å². The molecule has 0 aliphatic heterocycles. The molecule has 112 valence electrons. The normalized spacial score (nSPS) is 22.8. The summed E-state index contributed by atoms with van der Waals surface area (Å²) in [7, 11) is 0. The largest absolute Gasteiger partial charge is 0.378 e. The molecule has 4 heteroatoms. The molecule has 21 heavy (non-hydrogen) atoms. The Kier molecular flexibility index (Phi) is 4.36. The zero-order chi connectivity index (χ0) is 14.7. The average Bonchev–Trinajstić information content (AvgIpc) is 2.92. The van der Waals surface area contributed by atoms with Crippen LogP contribution in [0.15, 0.2) is 42.9 Å². The van der Waals surface area contributed by atoms with E-state index in [9.17, 15) is 0 Å². The molecule has 1 aliphatic carbocycles. The molecule has 0 bridgehead atoms. The standard InChI is InChI=1S/C17H23N3O/c1-2-21-15-9-14(10-15)20-12-19-11-17(20)16(18)8-13-6-4-3-5-7-13/h3-7,11-12,14-16H,2,8-10,18H2,1H3/t14?,15?,16-/m1/s1. The number of benzene rings is 1. The summed E-state index contributed by atoms with van der Waals surface area (Å²) < 4.78 is 7.88. The Morgan fingerprint density at radius 2 is 2.10 bits per heavy atom. The molecule has 1 atom stereocenters. The first kappa shape index (κ1) is 14.3. The van der Waals surface area contributed by atoms with Gasteiger partial charge in [0.25, 0.3) is 0 Å². The molecule has 0 amide bonds. The van der Waals surface area contributed by atoms with Gasteiger partial charge in [-0.1, -0.05) is 30.3 Å². The van der Waals surface area contributed by atoms with Crippen molar-refractivity contribution in [3.05, 3.63) is 54.1 Å². The Bertz CT molecular complexity index is 560. The van der Waals surface area contributed by atoms with Gasteiger partial charge in [-0.3, -0.25) is 0 Å². The van der Waals surface area contributed by atoms with Gasteiger partial charge in [-0.25, -0.2) is 4.98 Å². The van der Waals surface area contributed by atoms with Crippen molar-refractivity contribution in [2.24, 2.45) is 5.73 Å². The fraction of sp³-hybridized carbons (Fsp3) is 0.471. The average molecular weight is 285 g/mol. The SMILES string of the molecule is CCOC1CC(n2cncc2[C@H](N)Cc2ccccc2)C1. The van der Waals surface area contributed by atoms with Crippen LogP contribution in [0.3, 0.4) is 0 Å². The molecule has 2 N–H and O–H groups in total. The minimum atomic E-state index is -0.0129. The molecule has 1 fully saturated rings. The lowest BCUT2D eigenvalue weighted by molar-refractivity contribution is -0.0205. The smallest absolute Gasteiger partial charge is 0.0951 e. The van der Waals surface area contributed by atoms with Gasteiger partial charge in [0.1, 0.15) is 0 Å². The third-order valence-corrected chi connectivity index (χ3v) is 4.24. The predicted octanol–water partition coefficient (Wildman–Crippen LogP) is 2.87. The molecule has 0 radical (unpaired) electrons. The Morgan fingerprint density at radius 1 is 1.33 bits per heavy atom. The molecule has 0 saturated heterocycles. The van der Waals surface area contributed by atoms with Gasteiger partial charge in [-0.05, 0) is 31.7 Å². The number of hydrogen-bond donors (Lipinski definition) is 1. The molecular formula is C17H23N3O. The highest BCUT2D eigenvalue weighted by Gasteiger charge is 2.32. The summed E-state index contributed by atoms with van der Waals surface area (Å²) in [5, 5.41) is 0. The summed E-state index contributed by atoms with van der Waals surface area (Å²) in [5.41, 5.74) is 8.78. The van der Waals surface area contributed by atoms with E-state index in [1.54, 1.807) is 0 Å². The molecule has 2 aromatic rings. The van der Waals surface area contributed by atoms with E-state index in [-0.39, 0.29) is 6.04 Å². The van der Waals surface area contributed by atoms with Gasteiger partial charge in [0.15, 0.2) is 0 Å². The first-order chi connectivity index (χ1) is 10.3. The van der Waals surface area contributed by atoms with Gasteiger partial charge < -0.3 is 15.0 Å². The van der Waals surface area contributed by atoms with Crippen LogP contribution >= 0.6 is 0 Å². The maximum absolute atomic E-state index is 6.39. The number of nitrogens with two attached hydrogens (primary N) is 1. The third-order valence-electron chi connectivity index (χ3n) is 4.24. The summed E-state index contributed by atoms with van der Waals surface area (Å²) in [6.45, 7) is 2.84. The number of nitrogens with zero attached hydrogens (tertiary/aromatic N) is 2. The molecular weight excluding hydrogens is 262 g/mol. The summed E-state index contributed by atoms with van der Waals surface area (Å²) >= 11 is 0. The Balaban J connectivity index is 1.65. The summed E-state index contributed by atoms with van der Waals surface area (Å²) in [5.74, 6) is 0. The van der Waals surface area contributed by atoms with E-state index >= 15 is 0 Å². The zero-order valence-electron chi connectivity index (χ0n) is 12.5. The van der Waals surface area contributed by atoms with E-state index in [2.05, 4.69) is 33.8 Å². The fourth-order valence-electron chi connectivity index (χ4n) is 3.02.